The van der Waals surface area contributed by atoms with Crippen molar-refractivity contribution in [1.29, 1.82) is 0 Å². The number of halogens is 3. The number of hydrogen-bond donors (Lipinski definition) is 1. The van der Waals surface area contributed by atoms with Crippen molar-refractivity contribution in [2.24, 2.45) is 23.5 Å². The van der Waals surface area contributed by atoms with Gasteiger partial charge in [-0.05, 0) is 162 Å². The zero-order chi connectivity index (χ0) is 33.9. The van der Waals surface area contributed by atoms with Crippen molar-refractivity contribution in [3.8, 4) is 0 Å². The number of ketones is 1. The summed E-state index contributed by atoms with van der Waals surface area (Å²) in [5.74, 6) is 2.29. The highest BCUT2D eigenvalue weighted by Crippen LogP contribution is 2.46. The van der Waals surface area contributed by atoms with Crippen LogP contribution in [-0.4, -0.2) is 65.0 Å². The summed E-state index contributed by atoms with van der Waals surface area (Å²) in [6.07, 6.45) is 6.08. The Labute approximate surface area is 308 Å². The van der Waals surface area contributed by atoms with Crippen LogP contribution in [0, 0.1) is 17.8 Å². The van der Waals surface area contributed by atoms with E-state index in [-0.39, 0.29) is 29.6 Å². The highest BCUT2D eigenvalue weighted by molar-refractivity contribution is 7.20. The van der Waals surface area contributed by atoms with Gasteiger partial charge >= 0.3 is 6.15 Å². The molecular weight excluding hydrogens is 705 g/mol. The first kappa shape index (κ1) is 39.0. The predicted molar refractivity (Wildman–Crippen MR) is 203 cm³/mol. The molecule has 8 heterocycles. The molecule has 0 aliphatic carbocycles. The lowest BCUT2D eigenvalue weighted by molar-refractivity contribution is -0.191. The zero-order valence-corrected chi connectivity index (χ0v) is 32.0. The Kier molecular flexibility index (Phi) is 13.4. The van der Waals surface area contributed by atoms with E-state index in [1.807, 2.05) is 42.5 Å². The van der Waals surface area contributed by atoms with Crippen molar-refractivity contribution < 1.29 is 14.4 Å². The molecule has 0 saturated carbocycles. The number of thiophene rings is 2. The summed E-state index contributed by atoms with van der Waals surface area (Å²) in [4.78, 5) is 35.1. The van der Waals surface area contributed by atoms with Gasteiger partial charge in [-0.25, -0.2) is 0 Å². The van der Waals surface area contributed by atoms with Gasteiger partial charge in [0.2, 0.25) is 0 Å². The molecule has 0 amide bonds. The minimum atomic E-state index is 0. The van der Waals surface area contributed by atoms with Crippen LogP contribution in [0.1, 0.15) is 69.5 Å². The molecule has 2 atom stereocenters. The molecule has 10 rings (SSSR count). The van der Waals surface area contributed by atoms with Gasteiger partial charge < -0.3 is 5.73 Å². The molecule has 48 heavy (non-hydrogen) atoms. The van der Waals surface area contributed by atoms with Crippen molar-refractivity contribution in [2.75, 3.05) is 26.2 Å². The van der Waals surface area contributed by atoms with E-state index in [0.717, 1.165) is 30.9 Å². The monoisotopic (exact) mass is 749 g/mol. The lowest BCUT2D eigenvalue weighted by atomic mass is 9.65. The minimum Gasteiger partial charge on any atom is -0.326 e. The fourth-order valence-electron chi connectivity index (χ4n) is 8.12. The number of rotatable bonds is 3. The molecule has 0 unspecified atom stereocenters. The Bertz CT molecular complexity index is 1710. The Morgan fingerprint density at radius 2 is 1.33 bits per heavy atom. The second kappa shape index (κ2) is 16.5. The molecule has 260 valence electrons. The van der Waals surface area contributed by atoms with E-state index >= 15 is 0 Å². The van der Waals surface area contributed by atoms with Crippen molar-refractivity contribution in [1.82, 2.24) is 9.80 Å². The van der Waals surface area contributed by atoms with Crippen LogP contribution >= 0.6 is 58.3 Å². The van der Waals surface area contributed by atoms with Gasteiger partial charge in [0.15, 0.2) is 5.78 Å². The van der Waals surface area contributed by atoms with Gasteiger partial charge in [-0.2, -0.15) is 9.59 Å². The summed E-state index contributed by atoms with van der Waals surface area (Å²) in [7, 11) is 0. The van der Waals surface area contributed by atoms with Crippen molar-refractivity contribution in [3.05, 3.63) is 68.8 Å². The minimum absolute atomic E-state index is 0. The number of Topliss-reactive ketones (excluding diaryl/α,β-unsaturated/α-hetero) is 1. The molecule has 0 radical (unpaired) electrons. The highest BCUT2D eigenvalue weighted by atomic mass is 35.5. The summed E-state index contributed by atoms with van der Waals surface area (Å²) < 4.78 is 2.44. The number of hydrogen-bond acceptors (Lipinski definition) is 8. The van der Waals surface area contributed by atoms with E-state index in [9.17, 15) is 4.79 Å². The number of nitrogens with two attached hydrogens (primary N) is 1. The van der Waals surface area contributed by atoms with E-state index in [1.54, 1.807) is 22.7 Å². The third kappa shape index (κ3) is 8.54. The third-order valence-corrected chi connectivity index (χ3v) is 13.6. The van der Waals surface area contributed by atoms with E-state index in [4.69, 9.17) is 38.5 Å². The molecule has 2 N–H and O–H groups in total. The largest absolute Gasteiger partial charge is 0.373 e. The van der Waals surface area contributed by atoms with E-state index in [2.05, 4.69) is 48.9 Å². The third-order valence-electron chi connectivity index (χ3n) is 11.1. The molecule has 4 bridgehead atoms. The molecule has 0 spiro atoms. The normalized spacial score (nSPS) is 27.2. The number of nitrogens with zero attached hydrogens (tertiary/aromatic N) is 2. The Balaban J connectivity index is 0.000000173. The Morgan fingerprint density at radius 1 is 0.812 bits per heavy atom. The predicted octanol–water partition coefficient (Wildman–Crippen LogP) is 9.46. The lowest BCUT2D eigenvalue weighted by Gasteiger charge is -2.56. The second-order valence-corrected chi connectivity index (χ2v) is 17.1. The second-order valence-electron chi connectivity index (χ2n) is 14.2. The quantitative estimate of drug-likeness (QED) is 0.210. The highest BCUT2D eigenvalue weighted by Gasteiger charge is 2.48. The molecule has 6 nitrogen and oxygen atoms in total. The number of carbonyl (C=O) groups is 1. The maximum Gasteiger partial charge on any atom is 0.373 e. The summed E-state index contributed by atoms with van der Waals surface area (Å²) in [5, 5.41) is 5.93. The van der Waals surface area contributed by atoms with E-state index in [1.165, 1.54) is 61.9 Å². The van der Waals surface area contributed by atoms with E-state index in [0.29, 0.717) is 30.1 Å². The van der Waals surface area contributed by atoms with Crippen LogP contribution in [0.3, 0.4) is 0 Å². The Hall–Kier alpha value is -1.84. The van der Waals surface area contributed by atoms with Crippen molar-refractivity contribution >= 4 is 90.4 Å². The van der Waals surface area contributed by atoms with Crippen LogP contribution in [0.2, 0.25) is 10.0 Å². The van der Waals surface area contributed by atoms with Crippen LogP contribution in [0.25, 0.3) is 20.2 Å². The molecular formula is C37H46Cl3N3O3S2. The fourth-order valence-corrected chi connectivity index (χ4v) is 10.2. The van der Waals surface area contributed by atoms with Gasteiger partial charge in [0.1, 0.15) is 0 Å². The van der Waals surface area contributed by atoms with Crippen LogP contribution in [-0.2, 0) is 9.59 Å². The van der Waals surface area contributed by atoms with Crippen LogP contribution in [0.5, 0.6) is 0 Å². The molecule has 2 aromatic carbocycles. The van der Waals surface area contributed by atoms with Gasteiger partial charge in [-0.15, -0.1) is 35.1 Å². The van der Waals surface area contributed by atoms with Gasteiger partial charge in [-0.1, -0.05) is 23.2 Å². The topological polar surface area (TPSA) is 83.7 Å². The molecule has 11 heteroatoms. The number of piperidine rings is 6. The SMILES string of the molecule is CC1(C)[C@H](CC(=O)c2cc3cc(Cl)ccc3s2)C2CCN1CC2.CC1(C)[C@H](N)C2CCN1CC2.Cl.Clc1ccc2sccc2c1.O=C=O. The first-order chi connectivity index (χ1) is 22.3. The van der Waals surface area contributed by atoms with Gasteiger partial charge in [0, 0.05) is 43.0 Å². The lowest BCUT2D eigenvalue weighted by Crippen LogP contribution is -2.67. The number of benzene rings is 2. The van der Waals surface area contributed by atoms with Gasteiger partial charge in [-0.3, -0.25) is 14.6 Å². The van der Waals surface area contributed by atoms with Gasteiger partial charge in [0.05, 0.1) is 4.88 Å². The van der Waals surface area contributed by atoms with E-state index < -0.39 is 0 Å². The van der Waals surface area contributed by atoms with Crippen molar-refractivity contribution in [2.45, 2.75) is 76.9 Å². The molecule has 6 fully saturated rings. The first-order valence-electron chi connectivity index (χ1n) is 16.4. The maximum atomic E-state index is 12.9. The molecule has 4 aromatic rings. The van der Waals surface area contributed by atoms with Gasteiger partial charge in [0.25, 0.3) is 0 Å². The summed E-state index contributed by atoms with van der Waals surface area (Å²) in [5.41, 5.74) is 6.57. The number of fused-ring (bicyclic) bond motifs is 8. The van der Waals surface area contributed by atoms with Crippen LogP contribution in [0.4, 0.5) is 0 Å². The molecule has 6 saturated heterocycles. The summed E-state index contributed by atoms with van der Waals surface area (Å²) >= 11 is 15.2. The molecule has 6 aliphatic rings. The average Bonchev–Trinajstić information content (AvgIpc) is 3.69. The smallest absolute Gasteiger partial charge is 0.326 e. The van der Waals surface area contributed by atoms with Crippen LogP contribution < -0.4 is 5.73 Å². The summed E-state index contributed by atoms with van der Waals surface area (Å²) in [6.45, 7) is 14.1. The summed E-state index contributed by atoms with van der Waals surface area (Å²) in [6, 6.07) is 16.3. The first-order valence-corrected chi connectivity index (χ1v) is 18.9. The molecule has 2 aromatic heterocycles. The fraction of sp³-hybridized carbons (Fsp3) is 0.514. The average molecular weight is 751 g/mol. The van der Waals surface area contributed by atoms with Crippen molar-refractivity contribution in [3.63, 3.8) is 0 Å². The Morgan fingerprint density at radius 3 is 1.85 bits per heavy atom. The zero-order valence-electron chi connectivity index (χ0n) is 28.0. The standard InChI is InChI=1S/C19H22ClNOS.C9H18N2.C8H5ClS.CO2.ClH/c1-19(2)15(12-5-7-21(19)8-6-12)11-16(22)18-10-13-9-14(20)3-4-17(13)23-18;1-9(2)8(10)7-3-5-11(9)6-4-7;9-7-1-2-8-6(5-7)3-4-10-8;2-1-3;/h3-4,9-10,12,15H,5-8,11H2,1-2H3;7-8H,3-6,10H2,1-2H3;1-5H;;1H/t15-;8-;;;/m11.../s1. The van der Waals surface area contributed by atoms with Crippen LogP contribution in [0.15, 0.2) is 53.9 Å². The molecule has 6 aliphatic heterocycles. The number of carbonyl (C=O) groups excluding carboxylic acids is 3. The maximum absolute atomic E-state index is 12.9.